The number of amides is 1. The van der Waals surface area contributed by atoms with Gasteiger partial charge in [0.1, 0.15) is 11.6 Å². The first kappa shape index (κ1) is 17.6. The first-order valence-electron chi connectivity index (χ1n) is 7.39. The number of halogens is 4. The SMILES string of the molecule is Cn1nc(C(F)(F)F)cc1-c1ccc(NC(=O)c2ccccc2F)nc1. The highest BCUT2D eigenvalue weighted by atomic mass is 19.4. The van der Waals surface area contributed by atoms with Crippen molar-refractivity contribution in [3.63, 3.8) is 0 Å². The number of nitrogens with zero attached hydrogens (tertiary/aromatic N) is 3. The first-order chi connectivity index (χ1) is 12.3. The normalized spacial score (nSPS) is 11.4. The second-order valence-electron chi connectivity index (χ2n) is 5.40. The van der Waals surface area contributed by atoms with E-state index in [0.717, 1.165) is 16.8 Å². The minimum Gasteiger partial charge on any atom is -0.306 e. The first-order valence-corrected chi connectivity index (χ1v) is 7.39. The lowest BCUT2D eigenvalue weighted by molar-refractivity contribution is -0.141. The van der Waals surface area contributed by atoms with Gasteiger partial charge in [-0.3, -0.25) is 9.48 Å². The zero-order chi connectivity index (χ0) is 18.9. The summed E-state index contributed by atoms with van der Waals surface area (Å²) in [7, 11) is 1.39. The maximum Gasteiger partial charge on any atom is 0.435 e. The van der Waals surface area contributed by atoms with E-state index in [4.69, 9.17) is 0 Å². The molecule has 0 atom stereocenters. The molecule has 5 nitrogen and oxygen atoms in total. The largest absolute Gasteiger partial charge is 0.435 e. The lowest BCUT2D eigenvalue weighted by atomic mass is 10.2. The summed E-state index contributed by atoms with van der Waals surface area (Å²) in [5.41, 5.74) is -0.539. The van der Waals surface area contributed by atoms with E-state index in [1.807, 2.05) is 0 Å². The Morgan fingerprint density at radius 1 is 1.15 bits per heavy atom. The van der Waals surface area contributed by atoms with Crippen molar-refractivity contribution in [3.8, 4) is 11.3 Å². The molecule has 134 valence electrons. The van der Waals surface area contributed by atoms with E-state index in [1.54, 1.807) is 0 Å². The Bertz CT molecular complexity index is 948. The van der Waals surface area contributed by atoms with Gasteiger partial charge in [-0.1, -0.05) is 12.1 Å². The Balaban J connectivity index is 1.80. The number of hydrogen-bond acceptors (Lipinski definition) is 3. The second kappa shape index (κ2) is 6.58. The number of anilines is 1. The molecule has 0 fully saturated rings. The van der Waals surface area contributed by atoms with Crippen LogP contribution >= 0.6 is 0 Å². The molecule has 1 aromatic carbocycles. The van der Waals surface area contributed by atoms with Crippen LogP contribution in [-0.4, -0.2) is 20.7 Å². The lowest BCUT2D eigenvalue weighted by Gasteiger charge is -2.06. The van der Waals surface area contributed by atoms with Crippen LogP contribution in [-0.2, 0) is 13.2 Å². The molecule has 0 aliphatic rings. The van der Waals surface area contributed by atoms with Crippen LogP contribution in [0, 0.1) is 5.82 Å². The van der Waals surface area contributed by atoms with E-state index in [9.17, 15) is 22.4 Å². The Kier molecular flexibility index (Phi) is 4.45. The van der Waals surface area contributed by atoms with Gasteiger partial charge in [0.05, 0.1) is 11.3 Å². The molecule has 2 heterocycles. The number of pyridine rings is 1. The van der Waals surface area contributed by atoms with Crippen molar-refractivity contribution in [1.82, 2.24) is 14.8 Å². The monoisotopic (exact) mass is 364 g/mol. The van der Waals surface area contributed by atoms with E-state index < -0.39 is 23.6 Å². The highest BCUT2D eigenvalue weighted by Gasteiger charge is 2.34. The van der Waals surface area contributed by atoms with Gasteiger partial charge in [-0.15, -0.1) is 0 Å². The molecular formula is C17H12F4N4O. The van der Waals surface area contributed by atoms with Crippen molar-refractivity contribution in [3.05, 3.63) is 65.7 Å². The molecule has 3 aromatic rings. The molecule has 1 N–H and O–H groups in total. The van der Waals surface area contributed by atoms with Gasteiger partial charge in [-0.2, -0.15) is 18.3 Å². The molecule has 0 spiro atoms. The molecule has 2 aromatic heterocycles. The molecule has 1 amide bonds. The van der Waals surface area contributed by atoms with Gasteiger partial charge < -0.3 is 5.32 Å². The van der Waals surface area contributed by atoms with Gasteiger partial charge in [-0.25, -0.2) is 9.37 Å². The summed E-state index contributed by atoms with van der Waals surface area (Å²) in [4.78, 5) is 16.0. The standard InChI is InChI=1S/C17H12F4N4O/c1-25-13(8-14(24-25)17(19,20)21)10-6-7-15(22-9-10)23-16(26)11-4-2-3-5-12(11)18/h2-9H,1H3,(H,22,23,26). The van der Waals surface area contributed by atoms with Crippen LogP contribution in [0.4, 0.5) is 23.4 Å². The zero-order valence-electron chi connectivity index (χ0n) is 13.4. The molecule has 0 saturated carbocycles. The van der Waals surface area contributed by atoms with Crippen LogP contribution in [0.25, 0.3) is 11.3 Å². The van der Waals surface area contributed by atoms with Crippen molar-refractivity contribution in [1.29, 1.82) is 0 Å². The van der Waals surface area contributed by atoms with Crippen LogP contribution < -0.4 is 5.32 Å². The van der Waals surface area contributed by atoms with E-state index in [2.05, 4.69) is 15.4 Å². The Labute approximate surface area is 145 Å². The molecule has 9 heteroatoms. The second-order valence-corrected chi connectivity index (χ2v) is 5.40. The smallest absolute Gasteiger partial charge is 0.306 e. The number of aromatic nitrogens is 3. The molecule has 0 aliphatic heterocycles. The van der Waals surface area contributed by atoms with Crippen molar-refractivity contribution in [2.45, 2.75) is 6.18 Å². The molecular weight excluding hydrogens is 352 g/mol. The third kappa shape index (κ3) is 3.56. The van der Waals surface area contributed by atoms with Crippen molar-refractivity contribution >= 4 is 11.7 Å². The van der Waals surface area contributed by atoms with Gasteiger partial charge in [-0.05, 0) is 30.3 Å². The number of nitrogens with one attached hydrogen (secondary N) is 1. The maximum absolute atomic E-state index is 13.6. The van der Waals surface area contributed by atoms with Crippen molar-refractivity contribution in [2.24, 2.45) is 7.05 Å². The minimum absolute atomic E-state index is 0.139. The summed E-state index contributed by atoms with van der Waals surface area (Å²) in [5.74, 6) is -1.21. The van der Waals surface area contributed by atoms with E-state index in [-0.39, 0.29) is 17.1 Å². The molecule has 3 rings (SSSR count). The maximum atomic E-state index is 13.6. The number of carbonyl (C=O) groups excluding carboxylic acids is 1. The number of alkyl halides is 3. The number of benzene rings is 1. The quantitative estimate of drug-likeness (QED) is 0.718. The van der Waals surface area contributed by atoms with Crippen molar-refractivity contribution in [2.75, 3.05) is 5.32 Å². The predicted octanol–water partition coefficient (Wildman–Crippen LogP) is 3.89. The number of hydrogen-bond donors (Lipinski definition) is 1. The van der Waals surface area contributed by atoms with Gasteiger partial charge >= 0.3 is 6.18 Å². The van der Waals surface area contributed by atoms with Crippen molar-refractivity contribution < 1.29 is 22.4 Å². The van der Waals surface area contributed by atoms with Gasteiger partial charge in [0, 0.05) is 18.8 Å². The predicted molar refractivity (Wildman–Crippen MR) is 85.8 cm³/mol. The van der Waals surface area contributed by atoms with E-state index in [1.165, 1.54) is 43.6 Å². The summed E-state index contributed by atoms with van der Waals surface area (Å²) >= 11 is 0. The summed E-state index contributed by atoms with van der Waals surface area (Å²) in [6.45, 7) is 0. The van der Waals surface area contributed by atoms with E-state index >= 15 is 0 Å². The minimum atomic E-state index is -4.54. The molecule has 0 radical (unpaired) electrons. The van der Waals surface area contributed by atoms with E-state index in [0.29, 0.717) is 5.56 Å². The Morgan fingerprint density at radius 2 is 1.88 bits per heavy atom. The fourth-order valence-corrected chi connectivity index (χ4v) is 2.32. The number of carbonyl (C=O) groups is 1. The molecule has 0 aliphatic carbocycles. The summed E-state index contributed by atoms with van der Waals surface area (Å²) < 4.78 is 52.9. The lowest BCUT2D eigenvalue weighted by Crippen LogP contribution is -2.14. The highest BCUT2D eigenvalue weighted by molar-refractivity contribution is 6.03. The molecule has 0 unspecified atom stereocenters. The average molecular weight is 364 g/mol. The number of rotatable bonds is 3. The highest BCUT2D eigenvalue weighted by Crippen LogP contribution is 2.31. The van der Waals surface area contributed by atoms with Crippen LogP contribution in [0.3, 0.4) is 0 Å². The van der Waals surface area contributed by atoms with Gasteiger partial charge in [0.2, 0.25) is 0 Å². The van der Waals surface area contributed by atoms with Crippen LogP contribution in [0.15, 0.2) is 48.7 Å². The average Bonchev–Trinajstić information content (AvgIpc) is 2.98. The van der Waals surface area contributed by atoms with Crippen LogP contribution in [0.5, 0.6) is 0 Å². The summed E-state index contributed by atoms with van der Waals surface area (Å²) in [6, 6.07) is 9.28. The molecule has 26 heavy (non-hydrogen) atoms. The third-order valence-electron chi connectivity index (χ3n) is 3.59. The number of aryl methyl sites for hydroxylation is 1. The van der Waals surface area contributed by atoms with Crippen LogP contribution in [0.2, 0.25) is 0 Å². The zero-order valence-corrected chi connectivity index (χ0v) is 13.4. The molecule has 0 bridgehead atoms. The van der Waals surface area contributed by atoms with Gasteiger partial charge in [0.25, 0.3) is 5.91 Å². The fraction of sp³-hybridized carbons (Fsp3) is 0.118. The summed E-state index contributed by atoms with van der Waals surface area (Å²) in [5, 5.41) is 5.86. The Hall–Kier alpha value is -3.23. The third-order valence-corrected chi connectivity index (χ3v) is 3.59. The molecule has 0 saturated heterocycles. The van der Waals surface area contributed by atoms with Gasteiger partial charge in [0.15, 0.2) is 5.69 Å². The van der Waals surface area contributed by atoms with Crippen LogP contribution in [0.1, 0.15) is 16.1 Å². The fourth-order valence-electron chi connectivity index (χ4n) is 2.32. The summed E-state index contributed by atoms with van der Waals surface area (Å²) in [6.07, 6.45) is -3.24. The Morgan fingerprint density at radius 3 is 2.46 bits per heavy atom. The topological polar surface area (TPSA) is 59.8 Å².